The molecule has 0 aromatic carbocycles. The van der Waals surface area contributed by atoms with Gasteiger partial charge in [0.2, 0.25) is 0 Å². The summed E-state index contributed by atoms with van der Waals surface area (Å²) < 4.78 is 26.6. The van der Waals surface area contributed by atoms with Crippen LogP contribution in [0.25, 0.3) is 0 Å². The normalized spacial score (nSPS) is 29.8. The van der Waals surface area contributed by atoms with Crippen LogP contribution in [0.1, 0.15) is 142 Å². The Balaban J connectivity index is 1.22. The first-order valence-corrected chi connectivity index (χ1v) is 18.7. The molecule has 0 radical (unpaired) electrons. The molecule has 254 valence electrons. The Morgan fingerprint density at radius 3 is 1.74 bits per heavy atom. The van der Waals surface area contributed by atoms with E-state index in [0.29, 0.717) is 28.9 Å². The molecule has 6 nitrogen and oxygen atoms in total. The second-order valence-corrected chi connectivity index (χ2v) is 15.6. The molecule has 1 aromatic heterocycles. The maximum atomic E-state index is 13.3. The molecule has 0 bridgehead atoms. The Bertz CT molecular complexity index is 1190. The molecule has 6 rings (SSSR count). The van der Waals surface area contributed by atoms with Gasteiger partial charge in [0.25, 0.3) is 0 Å². The lowest BCUT2D eigenvalue weighted by Gasteiger charge is -2.48. The van der Waals surface area contributed by atoms with Crippen molar-refractivity contribution in [3.05, 3.63) is 48.5 Å². The molecular weight excluding hydrogens is 576 g/mol. The minimum absolute atomic E-state index is 0.0503. The average Bonchev–Trinajstić information content (AvgIpc) is 3.91. The molecule has 0 N–H and O–H groups in total. The van der Waals surface area contributed by atoms with Gasteiger partial charge in [-0.1, -0.05) is 58.1 Å². The van der Waals surface area contributed by atoms with Crippen LogP contribution in [0.15, 0.2) is 47.1 Å². The minimum atomic E-state index is -0.763. The summed E-state index contributed by atoms with van der Waals surface area (Å²) in [6.07, 6.45) is 22.8. The average molecular weight is 635 g/mol. The quantitative estimate of drug-likeness (QED) is 0.178. The third-order valence-corrected chi connectivity index (χ3v) is 12.8. The van der Waals surface area contributed by atoms with E-state index < -0.39 is 11.2 Å². The van der Waals surface area contributed by atoms with Gasteiger partial charge >= 0.3 is 11.9 Å². The SMILES string of the molecule is C=C(C)C(=O)OC(c1ccco1)(C1CCCCC1)C1CCC(C2CCC(C(OC(=O)C(=C)C)(C3CCCC3)C3CCCC3)O2)CC1. The van der Waals surface area contributed by atoms with Gasteiger partial charge < -0.3 is 18.6 Å². The molecule has 6 heteroatoms. The molecule has 3 unspecified atom stereocenters. The van der Waals surface area contributed by atoms with E-state index in [9.17, 15) is 9.59 Å². The highest BCUT2D eigenvalue weighted by molar-refractivity contribution is 5.87. The van der Waals surface area contributed by atoms with Crippen LogP contribution in [0.2, 0.25) is 0 Å². The molecule has 3 atom stereocenters. The van der Waals surface area contributed by atoms with Gasteiger partial charge in [0.1, 0.15) is 11.4 Å². The van der Waals surface area contributed by atoms with E-state index in [-0.39, 0.29) is 36.0 Å². The van der Waals surface area contributed by atoms with Crippen LogP contribution in [0.5, 0.6) is 0 Å². The molecule has 0 amide bonds. The lowest BCUT2D eigenvalue weighted by Crippen LogP contribution is -2.56. The van der Waals surface area contributed by atoms with Gasteiger partial charge in [-0.15, -0.1) is 0 Å². The molecule has 0 spiro atoms. The topological polar surface area (TPSA) is 75.0 Å². The molecule has 1 saturated heterocycles. The predicted molar refractivity (Wildman–Crippen MR) is 179 cm³/mol. The monoisotopic (exact) mass is 634 g/mol. The van der Waals surface area contributed by atoms with Crippen molar-refractivity contribution >= 4 is 11.9 Å². The molecular formula is C40H58O6. The zero-order valence-corrected chi connectivity index (χ0v) is 28.6. The highest BCUT2D eigenvalue weighted by Gasteiger charge is 2.59. The first-order chi connectivity index (χ1) is 22.3. The fraction of sp³-hybridized carbons (Fsp3) is 0.750. The smallest absolute Gasteiger partial charge is 0.334 e. The molecule has 46 heavy (non-hydrogen) atoms. The summed E-state index contributed by atoms with van der Waals surface area (Å²) in [5.41, 5.74) is -0.382. The summed E-state index contributed by atoms with van der Waals surface area (Å²) >= 11 is 0. The summed E-state index contributed by atoms with van der Waals surface area (Å²) in [5, 5.41) is 0. The highest BCUT2D eigenvalue weighted by atomic mass is 16.6. The first kappa shape index (κ1) is 33.6. The van der Waals surface area contributed by atoms with Gasteiger partial charge in [-0.2, -0.15) is 0 Å². The third-order valence-electron chi connectivity index (χ3n) is 12.8. The van der Waals surface area contributed by atoms with Crippen LogP contribution < -0.4 is 0 Å². The van der Waals surface area contributed by atoms with E-state index in [1.54, 1.807) is 20.1 Å². The Morgan fingerprint density at radius 2 is 1.20 bits per heavy atom. The van der Waals surface area contributed by atoms with E-state index in [1.807, 2.05) is 12.1 Å². The molecule has 5 fully saturated rings. The number of carbonyl (C=O) groups excluding carboxylic acids is 2. The van der Waals surface area contributed by atoms with Crippen LogP contribution in [0, 0.1) is 29.6 Å². The number of furan rings is 1. The lowest BCUT2D eigenvalue weighted by molar-refractivity contribution is -0.206. The molecule has 4 aliphatic carbocycles. The van der Waals surface area contributed by atoms with E-state index in [4.69, 9.17) is 18.6 Å². The Labute approximate surface area is 277 Å². The second kappa shape index (κ2) is 14.4. The first-order valence-electron chi connectivity index (χ1n) is 18.7. The molecule has 1 aromatic rings. The second-order valence-electron chi connectivity index (χ2n) is 15.6. The fourth-order valence-electron chi connectivity index (χ4n) is 10.6. The van der Waals surface area contributed by atoms with Gasteiger partial charge in [-0.3, -0.25) is 0 Å². The van der Waals surface area contributed by atoms with Crippen LogP contribution >= 0.6 is 0 Å². The van der Waals surface area contributed by atoms with Crippen molar-refractivity contribution in [2.45, 2.75) is 159 Å². The van der Waals surface area contributed by atoms with Crippen molar-refractivity contribution < 1.29 is 28.2 Å². The van der Waals surface area contributed by atoms with Crippen molar-refractivity contribution in [3.8, 4) is 0 Å². The molecule has 1 aliphatic heterocycles. The zero-order chi connectivity index (χ0) is 32.3. The Morgan fingerprint density at radius 1 is 0.674 bits per heavy atom. The molecule has 5 aliphatic rings. The number of hydrogen-bond donors (Lipinski definition) is 0. The maximum absolute atomic E-state index is 13.3. The van der Waals surface area contributed by atoms with E-state index >= 15 is 0 Å². The van der Waals surface area contributed by atoms with Crippen LogP contribution in [0.3, 0.4) is 0 Å². The molecule has 4 saturated carbocycles. The standard InChI is InChI=1S/C40H58O6/c1-27(2)37(41)45-39(35-19-12-26-43-35,30-13-6-5-7-14-30)33-22-20-29(21-23-33)34-24-25-36(44-34)40(31-15-8-9-16-31,32-17-10-11-18-32)46-38(42)28(3)4/h12,19,26,29-34,36H,1,3,5-11,13-18,20-25H2,2,4H3. The summed E-state index contributed by atoms with van der Waals surface area (Å²) in [6.45, 7) is 11.4. The van der Waals surface area contributed by atoms with Crippen LogP contribution in [0.4, 0.5) is 0 Å². The van der Waals surface area contributed by atoms with E-state index in [1.165, 1.54) is 32.1 Å². The van der Waals surface area contributed by atoms with Gasteiger partial charge in [-0.25, -0.2) is 9.59 Å². The predicted octanol–water partition coefficient (Wildman–Crippen LogP) is 9.77. The highest BCUT2D eigenvalue weighted by Crippen LogP contribution is 2.56. The fourth-order valence-corrected chi connectivity index (χ4v) is 10.6. The molecule has 2 heterocycles. The van der Waals surface area contributed by atoms with Crippen molar-refractivity contribution in [3.63, 3.8) is 0 Å². The maximum Gasteiger partial charge on any atom is 0.334 e. The summed E-state index contributed by atoms with van der Waals surface area (Å²) in [6, 6.07) is 3.95. The van der Waals surface area contributed by atoms with E-state index in [2.05, 4.69) is 13.2 Å². The van der Waals surface area contributed by atoms with E-state index in [0.717, 1.165) is 95.7 Å². The van der Waals surface area contributed by atoms with Crippen LogP contribution in [-0.2, 0) is 29.4 Å². The van der Waals surface area contributed by atoms with Gasteiger partial charge in [0.05, 0.1) is 18.5 Å². The lowest BCUT2D eigenvalue weighted by atomic mass is 9.63. The van der Waals surface area contributed by atoms with Crippen molar-refractivity contribution in [1.29, 1.82) is 0 Å². The largest absolute Gasteiger partial charge is 0.465 e. The Kier molecular flexibility index (Phi) is 10.5. The van der Waals surface area contributed by atoms with Crippen molar-refractivity contribution in [2.24, 2.45) is 29.6 Å². The van der Waals surface area contributed by atoms with Gasteiger partial charge in [0.15, 0.2) is 5.60 Å². The van der Waals surface area contributed by atoms with Gasteiger partial charge in [-0.05, 0) is 109 Å². The van der Waals surface area contributed by atoms with Gasteiger partial charge in [0, 0.05) is 34.8 Å². The number of rotatable bonds is 11. The number of esters is 2. The number of hydrogen-bond acceptors (Lipinski definition) is 6. The summed E-state index contributed by atoms with van der Waals surface area (Å²) in [4.78, 5) is 26.5. The number of carbonyl (C=O) groups is 2. The summed E-state index contributed by atoms with van der Waals surface area (Å²) in [7, 11) is 0. The Hall–Kier alpha value is -2.34. The van der Waals surface area contributed by atoms with Crippen molar-refractivity contribution in [2.75, 3.05) is 0 Å². The zero-order valence-electron chi connectivity index (χ0n) is 28.6. The number of ether oxygens (including phenoxy) is 3. The third kappa shape index (κ3) is 6.41. The summed E-state index contributed by atoms with van der Waals surface area (Å²) in [5.74, 6) is 1.85. The minimum Gasteiger partial charge on any atom is -0.465 e. The van der Waals surface area contributed by atoms with Crippen LogP contribution in [-0.4, -0.2) is 29.7 Å². The van der Waals surface area contributed by atoms with Crippen molar-refractivity contribution in [1.82, 2.24) is 0 Å².